The number of halogens is 1. The number of nitrogens with zero attached hydrogens (tertiary/aromatic N) is 2. The highest BCUT2D eigenvalue weighted by molar-refractivity contribution is 7.98. The zero-order valence-electron chi connectivity index (χ0n) is 15.2. The molecule has 0 spiro atoms. The van der Waals surface area contributed by atoms with Gasteiger partial charge in [-0.05, 0) is 42.0 Å². The van der Waals surface area contributed by atoms with E-state index in [2.05, 4.69) is 20.5 Å². The van der Waals surface area contributed by atoms with Crippen LogP contribution in [0.5, 0.6) is 0 Å². The third kappa shape index (κ3) is 4.49. The third-order valence-electron chi connectivity index (χ3n) is 4.09. The summed E-state index contributed by atoms with van der Waals surface area (Å²) in [5.41, 5.74) is 2.21. The molecule has 0 aliphatic heterocycles. The van der Waals surface area contributed by atoms with E-state index in [0.717, 1.165) is 16.5 Å². The molecule has 146 valence electrons. The lowest BCUT2D eigenvalue weighted by Crippen LogP contribution is -2.06. The van der Waals surface area contributed by atoms with E-state index in [9.17, 15) is 9.59 Å². The topological polar surface area (TPSA) is 101 Å². The maximum Gasteiger partial charge on any atom is 0.336 e. The number of nitrogens with one attached hydrogen (secondary N) is 2. The molecule has 9 heteroatoms. The van der Waals surface area contributed by atoms with Gasteiger partial charge < -0.3 is 9.73 Å². The van der Waals surface area contributed by atoms with E-state index >= 15 is 0 Å². The second-order valence-electron chi connectivity index (χ2n) is 6.24. The Morgan fingerprint density at radius 1 is 1.21 bits per heavy atom. The second-order valence-corrected chi connectivity index (χ2v) is 7.62. The number of carbonyl (C=O) groups excluding carboxylic acids is 1. The Balaban J connectivity index is 1.56. The number of benzene rings is 2. The Morgan fingerprint density at radius 2 is 2.00 bits per heavy atom. The molecule has 4 rings (SSSR count). The minimum Gasteiger partial charge on any atom is -0.423 e. The molecule has 1 amide bonds. The Kier molecular flexibility index (Phi) is 5.37. The molecule has 29 heavy (non-hydrogen) atoms. The summed E-state index contributed by atoms with van der Waals surface area (Å²) in [6.45, 7) is 1.42. The highest BCUT2D eigenvalue weighted by Crippen LogP contribution is 2.27. The van der Waals surface area contributed by atoms with Crippen LogP contribution in [0.4, 0.5) is 5.69 Å². The Hall–Kier alpha value is -3.10. The molecule has 0 saturated carbocycles. The van der Waals surface area contributed by atoms with Crippen LogP contribution in [0.25, 0.3) is 22.4 Å². The molecule has 4 aromatic rings. The van der Waals surface area contributed by atoms with Crippen molar-refractivity contribution in [2.75, 3.05) is 5.32 Å². The second kappa shape index (κ2) is 8.10. The van der Waals surface area contributed by atoms with E-state index in [4.69, 9.17) is 16.0 Å². The van der Waals surface area contributed by atoms with E-state index in [1.54, 1.807) is 24.3 Å². The number of anilines is 1. The van der Waals surface area contributed by atoms with Crippen LogP contribution in [0, 0.1) is 0 Å². The number of rotatable bonds is 5. The minimum atomic E-state index is -0.454. The number of aromatic amines is 1. The van der Waals surface area contributed by atoms with E-state index in [1.807, 2.05) is 18.2 Å². The summed E-state index contributed by atoms with van der Waals surface area (Å²) in [6.07, 6.45) is 0. The van der Waals surface area contributed by atoms with Gasteiger partial charge in [-0.1, -0.05) is 23.4 Å². The molecular formula is C20H15ClN4O3S. The number of H-pyrrole nitrogens is 1. The normalized spacial score (nSPS) is 11.0. The van der Waals surface area contributed by atoms with Gasteiger partial charge in [-0.15, -0.1) is 5.10 Å². The zero-order valence-corrected chi connectivity index (χ0v) is 16.8. The number of amides is 1. The van der Waals surface area contributed by atoms with Gasteiger partial charge in [-0.2, -0.15) is 0 Å². The Morgan fingerprint density at radius 3 is 2.76 bits per heavy atom. The summed E-state index contributed by atoms with van der Waals surface area (Å²) >= 11 is 7.31. The molecule has 0 radical (unpaired) electrons. The highest BCUT2D eigenvalue weighted by atomic mass is 35.5. The molecule has 2 aromatic heterocycles. The maximum absolute atomic E-state index is 12.0. The first-order chi connectivity index (χ1) is 14.0. The fourth-order valence-electron chi connectivity index (χ4n) is 2.82. The molecule has 0 saturated heterocycles. The van der Waals surface area contributed by atoms with E-state index in [-0.39, 0.29) is 5.91 Å². The fourth-order valence-corrected chi connectivity index (χ4v) is 3.74. The number of fused-ring (bicyclic) bond motifs is 1. The van der Waals surface area contributed by atoms with Gasteiger partial charge in [0.2, 0.25) is 11.1 Å². The Labute approximate surface area is 174 Å². The molecule has 2 N–H and O–H groups in total. The lowest BCUT2D eigenvalue weighted by molar-refractivity contribution is -0.114. The number of aromatic nitrogens is 3. The van der Waals surface area contributed by atoms with Gasteiger partial charge in [0.25, 0.3) is 0 Å². The lowest BCUT2D eigenvalue weighted by atomic mass is 10.1. The first-order valence-electron chi connectivity index (χ1n) is 8.63. The smallest absolute Gasteiger partial charge is 0.336 e. The summed E-state index contributed by atoms with van der Waals surface area (Å²) in [5.74, 6) is 0.931. The number of thioether (sulfide) groups is 1. The number of carbonyl (C=O) groups is 1. The standard InChI is InChI=1S/C20H15ClN4O3S/c1-11(26)22-15-6-7-16-13(8-18(27)28-17(16)9-15)10-29-20-23-19(24-25-20)12-2-4-14(21)5-3-12/h2-9H,10H2,1H3,(H,22,26)(H,23,24,25). The van der Waals surface area contributed by atoms with Crippen LogP contribution >= 0.6 is 23.4 Å². The SMILES string of the molecule is CC(=O)Nc1ccc2c(CSc3n[nH]c(-c4ccc(Cl)cc4)n3)cc(=O)oc2c1. The van der Waals surface area contributed by atoms with Crippen molar-refractivity contribution in [2.45, 2.75) is 17.8 Å². The minimum absolute atomic E-state index is 0.195. The predicted molar refractivity (Wildman–Crippen MR) is 113 cm³/mol. The van der Waals surface area contributed by atoms with E-state index in [1.165, 1.54) is 24.8 Å². The van der Waals surface area contributed by atoms with Crippen molar-refractivity contribution in [3.8, 4) is 11.4 Å². The molecule has 2 aromatic carbocycles. The summed E-state index contributed by atoms with van der Waals surface area (Å²) in [4.78, 5) is 27.7. The van der Waals surface area contributed by atoms with Crippen molar-refractivity contribution >= 4 is 45.9 Å². The molecule has 0 aliphatic carbocycles. The van der Waals surface area contributed by atoms with Crippen molar-refractivity contribution in [1.82, 2.24) is 15.2 Å². The molecule has 0 bridgehead atoms. The lowest BCUT2D eigenvalue weighted by Gasteiger charge is -2.06. The van der Waals surface area contributed by atoms with Crippen LogP contribution in [0.2, 0.25) is 5.02 Å². The average molecular weight is 427 g/mol. The Bertz CT molecular complexity index is 1250. The van der Waals surface area contributed by atoms with Gasteiger partial charge >= 0.3 is 5.63 Å². The van der Waals surface area contributed by atoms with Gasteiger partial charge in [-0.25, -0.2) is 9.78 Å². The van der Waals surface area contributed by atoms with Crippen molar-refractivity contribution in [3.63, 3.8) is 0 Å². The van der Waals surface area contributed by atoms with Crippen molar-refractivity contribution < 1.29 is 9.21 Å². The van der Waals surface area contributed by atoms with Gasteiger partial charge in [-0.3, -0.25) is 9.89 Å². The van der Waals surface area contributed by atoms with E-state index in [0.29, 0.717) is 33.0 Å². The quantitative estimate of drug-likeness (QED) is 0.360. The third-order valence-corrected chi connectivity index (χ3v) is 5.24. The predicted octanol–water partition coefficient (Wildman–Crippen LogP) is 4.48. The monoisotopic (exact) mass is 426 g/mol. The molecule has 0 unspecified atom stereocenters. The van der Waals surface area contributed by atoms with Gasteiger partial charge in [0, 0.05) is 46.5 Å². The molecule has 0 atom stereocenters. The van der Waals surface area contributed by atoms with Gasteiger partial charge in [0.15, 0.2) is 5.82 Å². The summed E-state index contributed by atoms with van der Waals surface area (Å²) in [5, 5.41) is 11.8. The van der Waals surface area contributed by atoms with Crippen molar-refractivity contribution in [3.05, 3.63) is 69.5 Å². The number of hydrogen-bond donors (Lipinski definition) is 2. The molecule has 0 fully saturated rings. The molecule has 0 aliphatic rings. The largest absolute Gasteiger partial charge is 0.423 e. The summed E-state index contributed by atoms with van der Waals surface area (Å²) in [6, 6.07) is 14.0. The van der Waals surface area contributed by atoms with Crippen LogP contribution in [0.3, 0.4) is 0 Å². The molecule has 2 heterocycles. The van der Waals surface area contributed by atoms with Crippen molar-refractivity contribution in [2.24, 2.45) is 0 Å². The highest BCUT2D eigenvalue weighted by Gasteiger charge is 2.11. The fraction of sp³-hybridized carbons (Fsp3) is 0.100. The van der Waals surface area contributed by atoms with Crippen LogP contribution < -0.4 is 10.9 Å². The van der Waals surface area contributed by atoms with Gasteiger partial charge in [0.05, 0.1) is 0 Å². The summed E-state index contributed by atoms with van der Waals surface area (Å²) < 4.78 is 5.28. The summed E-state index contributed by atoms with van der Waals surface area (Å²) in [7, 11) is 0. The van der Waals surface area contributed by atoms with Crippen LogP contribution in [0.15, 0.2) is 62.9 Å². The van der Waals surface area contributed by atoms with Crippen LogP contribution in [-0.4, -0.2) is 21.1 Å². The van der Waals surface area contributed by atoms with E-state index < -0.39 is 5.63 Å². The molecule has 7 nitrogen and oxygen atoms in total. The zero-order chi connectivity index (χ0) is 20.4. The van der Waals surface area contributed by atoms with Gasteiger partial charge in [0.1, 0.15) is 5.58 Å². The maximum atomic E-state index is 12.0. The number of hydrogen-bond acceptors (Lipinski definition) is 6. The van der Waals surface area contributed by atoms with Crippen LogP contribution in [-0.2, 0) is 10.5 Å². The van der Waals surface area contributed by atoms with Crippen molar-refractivity contribution in [1.29, 1.82) is 0 Å². The first-order valence-corrected chi connectivity index (χ1v) is 10.00. The average Bonchev–Trinajstić information content (AvgIpc) is 3.15. The molecular weight excluding hydrogens is 412 g/mol. The van der Waals surface area contributed by atoms with Crippen LogP contribution in [0.1, 0.15) is 12.5 Å². The first kappa shape index (κ1) is 19.2.